The normalized spacial score (nSPS) is 10.1. The van der Waals surface area contributed by atoms with Crippen LogP contribution >= 0.6 is 11.8 Å². The van der Waals surface area contributed by atoms with Crippen molar-refractivity contribution in [3.8, 4) is 0 Å². The molecule has 0 radical (unpaired) electrons. The molecule has 17 heavy (non-hydrogen) atoms. The van der Waals surface area contributed by atoms with E-state index in [1.54, 1.807) is 6.26 Å². The Balaban J connectivity index is 2.76. The molecule has 0 unspecified atom stereocenters. The molecule has 0 fully saturated rings. The summed E-state index contributed by atoms with van der Waals surface area (Å²) in [4.78, 5) is 11.1. The van der Waals surface area contributed by atoms with Crippen LogP contribution in [0.2, 0.25) is 0 Å². The molecule has 1 rings (SSSR count). The highest BCUT2D eigenvalue weighted by atomic mass is 32.2. The van der Waals surface area contributed by atoms with E-state index >= 15 is 0 Å². The Labute approximate surface area is 101 Å². The molecule has 0 aliphatic rings. The third-order valence-electron chi connectivity index (χ3n) is 1.86. The first-order valence-corrected chi connectivity index (χ1v) is 5.99. The van der Waals surface area contributed by atoms with E-state index in [-0.39, 0.29) is 23.7 Å². The van der Waals surface area contributed by atoms with Crippen LogP contribution in [0.5, 0.6) is 0 Å². The summed E-state index contributed by atoms with van der Waals surface area (Å²) in [5, 5.41) is 13.0. The van der Waals surface area contributed by atoms with Gasteiger partial charge in [-0.2, -0.15) is 0 Å². The van der Waals surface area contributed by atoms with E-state index in [1.165, 1.54) is 0 Å². The van der Waals surface area contributed by atoms with Gasteiger partial charge in [0.25, 0.3) is 0 Å². The molecule has 0 saturated heterocycles. The lowest BCUT2D eigenvalue weighted by molar-refractivity contribution is 0.245. The molecule has 0 aromatic heterocycles. The first kappa shape index (κ1) is 13.7. The molecule has 0 aliphatic heterocycles. The maximum atomic E-state index is 13.3. The zero-order chi connectivity index (χ0) is 12.8. The number of anilines is 1. The first-order valence-electron chi connectivity index (χ1n) is 4.77. The number of amides is 2. The Kier molecular flexibility index (Phi) is 5.17. The molecule has 2 amide bonds. The molecule has 94 valence electrons. The summed E-state index contributed by atoms with van der Waals surface area (Å²) in [6.07, 6.45) is 1.56. The molecule has 1 aromatic rings. The summed E-state index contributed by atoms with van der Waals surface area (Å²) in [6.45, 7) is -0.138. The Morgan fingerprint density at radius 3 is 2.47 bits per heavy atom. The quantitative estimate of drug-likeness (QED) is 0.725. The molecule has 3 N–H and O–H groups in total. The smallest absolute Gasteiger partial charge is 0.319 e. The van der Waals surface area contributed by atoms with Crippen molar-refractivity contribution in [3.63, 3.8) is 0 Å². The summed E-state index contributed by atoms with van der Waals surface area (Å²) in [5.41, 5.74) is 0.0215. The van der Waals surface area contributed by atoms with Crippen molar-refractivity contribution >= 4 is 23.5 Å². The van der Waals surface area contributed by atoms with E-state index in [4.69, 9.17) is 5.11 Å². The second-order valence-corrected chi connectivity index (χ2v) is 3.89. The number of halogens is 2. The molecule has 0 saturated carbocycles. The van der Waals surface area contributed by atoms with Crippen molar-refractivity contribution < 1.29 is 18.7 Å². The molecule has 7 heteroatoms. The van der Waals surface area contributed by atoms with Crippen LogP contribution in [0.3, 0.4) is 0 Å². The first-order chi connectivity index (χ1) is 8.08. The molecule has 1 aromatic carbocycles. The molecule has 0 heterocycles. The highest BCUT2D eigenvalue weighted by Crippen LogP contribution is 2.26. The van der Waals surface area contributed by atoms with Crippen LogP contribution in [-0.4, -0.2) is 30.5 Å². The van der Waals surface area contributed by atoms with Gasteiger partial charge in [0.15, 0.2) is 0 Å². The average molecular weight is 262 g/mol. The largest absolute Gasteiger partial charge is 0.395 e. The van der Waals surface area contributed by atoms with Crippen molar-refractivity contribution in [2.24, 2.45) is 0 Å². The zero-order valence-corrected chi connectivity index (χ0v) is 9.91. The maximum Gasteiger partial charge on any atom is 0.319 e. The van der Waals surface area contributed by atoms with Crippen LogP contribution in [0.4, 0.5) is 19.3 Å². The van der Waals surface area contributed by atoms with Gasteiger partial charge < -0.3 is 15.7 Å². The zero-order valence-electron chi connectivity index (χ0n) is 9.09. The average Bonchev–Trinajstić information content (AvgIpc) is 2.26. The lowest BCUT2D eigenvalue weighted by Crippen LogP contribution is -2.31. The van der Waals surface area contributed by atoms with Gasteiger partial charge in [0.05, 0.1) is 11.5 Å². The van der Waals surface area contributed by atoms with Crippen molar-refractivity contribution in [1.82, 2.24) is 5.32 Å². The lowest BCUT2D eigenvalue weighted by atomic mass is 10.3. The number of aliphatic hydroxyl groups is 1. The van der Waals surface area contributed by atoms with Crippen LogP contribution in [0, 0.1) is 11.6 Å². The van der Waals surface area contributed by atoms with Gasteiger partial charge in [-0.1, -0.05) is 0 Å². The number of urea groups is 1. The van der Waals surface area contributed by atoms with Gasteiger partial charge >= 0.3 is 6.03 Å². The van der Waals surface area contributed by atoms with Crippen LogP contribution in [-0.2, 0) is 0 Å². The summed E-state index contributed by atoms with van der Waals surface area (Å²) in [7, 11) is 0. The van der Waals surface area contributed by atoms with Crippen LogP contribution < -0.4 is 10.6 Å². The SMILES string of the molecule is CSc1c(F)cc(NC(=O)NCCO)cc1F. The minimum absolute atomic E-state index is 0.0215. The maximum absolute atomic E-state index is 13.3. The van der Waals surface area contributed by atoms with E-state index < -0.39 is 17.7 Å². The fraction of sp³-hybridized carbons (Fsp3) is 0.300. The summed E-state index contributed by atoms with van der Waals surface area (Å²) >= 11 is 0.952. The predicted octanol–water partition coefficient (Wildman–Crippen LogP) is 1.80. The third kappa shape index (κ3) is 3.86. The minimum atomic E-state index is -0.727. The van der Waals surface area contributed by atoms with Crippen LogP contribution in [0.1, 0.15) is 0 Å². The predicted molar refractivity (Wildman–Crippen MR) is 62.2 cm³/mol. The van der Waals surface area contributed by atoms with Gasteiger partial charge in [-0.3, -0.25) is 0 Å². The summed E-state index contributed by atoms with van der Waals surface area (Å²) in [5.74, 6) is -1.45. The van der Waals surface area contributed by atoms with Crippen LogP contribution in [0.25, 0.3) is 0 Å². The Morgan fingerprint density at radius 2 is 2.00 bits per heavy atom. The number of rotatable bonds is 4. The van der Waals surface area contributed by atoms with E-state index in [9.17, 15) is 13.6 Å². The molecule has 0 aliphatic carbocycles. The second kappa shape index (κ2) is 6.41. The van der Waals surface area contributed by atoms with E-state index in [1.807, 2.05) is 0 Å². The van der Waals surface area contributed by atoms with Crippen molar-refractivity contribution in [1.29, 1.82) is 0 Å². The number of hydrogen-bond donors (Lipinski definition) is 3. The van der Waals surface area contributed by atoms with Crippen molar-refractivity contribution in [2.45, 2.75) is 4.90 Å². The van der Waals surface area contributed by atoms with Gasteiger partial charge in [-0.05, 0) is 18.4 Å². The van der Waals surface area contributed by atoms with E-state index in [2.05, 4.69) is 10.6 Å². The molecular weight excluding hydrogens is 250 g/mol. The molecule has 4 nitrogen and oxygen atoms in total. The number of aliphatic hydroxyl groups excluding tert-OH is 1. The lowest BCUT2D eigenvalue weighted by Gasteiger charge is -2.08. The number of carbonyl (C=O) groups excluding carboxylic acids is 1. The van der Waals surface area contributed by atoms with Gasteiger partial charge in [0.1, 0.15) is 11.6 Å². The summed E-state index contributed by atoms with van der Waals surface area (Å²) < 4.78 is 26.7. The highest BCUT2D eigenvalue weighted by molar-refractivity contribution is 7.98. The Hall–Kier alpha value is -1.34. The van der Waals surface area contributed by atoms with E-state index in [0.29, 0.717) is 0 Å². The number of thioether (sulfide) groups is 1. The van der Waals surface area contributed by atoms with E-state index in [0.717, 1.165) is 23.9 Å². The standard InChI is InChI=1S/C10H12F2N2O2S/c1-17-9-7(11)4-6(5-8(9)12)14-10(16)13-2-3-15/h4-5,15H,2-3H2,1H3,(H2,13,14,16). The van der Waals surface area contributed by atoms with Gasteiger partial charge in [0, 0.05) is 12.2 Å². The second-order valence-electron chi connectivity index (χ2n) is 3.08. The number of carbonyl (C=O) groups is 1. The van der Waals surface area contributed by atoms with Crippen molar-refractivity contribution in [2.75, 3.05) is 24.7 Å². The van der Waals surface area contributed by atoms with Crippen molar-refractivity contribution in [3.05, 3.63) is 23.8 Å². The third-order valence-corrected chi connectivity index (χ3v) is 2.66. The number of hydrogen-bond acceptors (Lipinski definition) is 3. The number of nitrogens with one attached hydrogen (secondary N) is 2. The fourth-order valence-corrected chi connectivity index (χ4v) is 1.68. The Bertz CT molecular complexity index is 392. The van der Waals surface area contributed by atoms with Gasteiger partial charge in [-0.15, -0.1) is 11.8 Å². The van der Waals surface area contributed by atoms with Gasteiger partial charge in [0.2, 0.25) is 0 Å². The molecule has 0 spiro atoms. The topological polar surface area (TPSA) is 61.4 Å². The van der Waals surface area contributed by atoms with Crippen LogP contribution in [0.15, 0.2) is 17.0 Å². The minimum Gasteiger partial charge on any atom is -0.395 e. The summed E-state index contributed by atoms with van der Waals surface area (Å²) in [6, 6.07) is 1.44. The Morgan fingerprint density at radius 1 is 1.41 bits per heavy atom. The molecular formula is C10H12F2N2O2S. The number of benzene rings is 1. The highest BCUT2D eigenvalue weighted by Gasteiger charge is 2.11. The van der Waals surface area contributed by atoms with Gasteiger partial charge in [-0.25, -0.2) is 13.6 Å². The monoisotopic (exact) mass is 262 g/mol. The molecule has 0 atom stereocenters. The fourth-order valence-electron chi connectivity index (χ4n) is 1.17. The molecule has 0 bridgehead atoms.